The third-order valence-corrected chi connectivity index (χ3v) is 6.59. The maximum Gasteiger partial charge on any atom is 0.161 e. The van der Waals surface area contributed by atoms with Crippen LogP contribution < -0.4 is 0 Å². The Labute approximate surface area is 198 Å². The number of furan rings is 1. The summed E-state index contributed by atoms with van der Waals surface area (Å²) in [7, 11) is 0. The van der Waals surface area contributed by atoms with Crippen molar-refractivity contribution in [2.45, 2.75) is 46.9 Å². The molecule has 0 fully saturated rings. The van der Waals surface area contributed by atoms with Crippen LogP contribution in [0.5, 0.6) is 0 Å². The Morgan fingerprint density at radius 1 is 0.909 bits per heavy atom. The van der Waals surface area contributed by atoms with E-state index in [-0.39, 0.29) is 5.41 Å². The van der Waals surface area contributed by atoms with Gasteiger partial charge in [-0.05, 0) is 65.9 Å². The van der Waals surface area contributed by atoms with Crippen molar-refractivity contribution in [1.82, 2.24) is 9.97 Å². The van der Waals surface area contributed by atoms with Crippen molar-refractivity contribution in [3.63, 3.8) is 0 Å². The predicted octanol–water partition coefficient (Wildman–Crippen LogP) is 7.71. The molecule has 0 aliphatic heterocycles. The summed E-state index contributed by atoms with van der Waals surface area (Å²) in [5, 5.41) is 0.999. The molecule has 0 saturated carbocycles. The van der Waals surface area contributed by atoms with Gasteiger partial charge in [-0.15, -0.1) is 0 Å². The van der Waals surface area contributed by atoms with Gasteiger partial charge in [-0.25, -0.2) is 0 Å². The van der Waals surface area contributed by atoms with E-state index in [9.17, 15) is 0 Å². The van der Waals surface area contributed by atoms with Crippen LogP contribution in [0, 0.1) is 12.3 Å². The number of nitrogens with zero attached hydrogens (tertiary/aromatic N) is 2. The minimum absolute atomic E-state index is 0.0440. The summed E-state index contributed by atoms with van der Waals surface area (Å²) in [6.45, 7) is 4.25. The molecular formula is C30H28N2O. The van der Waals surface area contributed by atoms with E-state index in [4.69, 9.17) is 13.5 Å². The summed E-state index contributed by atoms with van der Waals surface area (Å²) in [6.07, 6.45) is 5.60. The smallest absolute Gasteiger partial charge is 0.161 e. The average Bonchev–Trinajstić information content (AvgIpc) is 3.22. The minimum Gasteiger partial charge on any atom is -0.453 e. The van der Waals surface area contributed by atoms with Crippen molar-refractivity contribution in [1.29, 1.82) is 0 Å². The van der Waals surface area contributed by atoms with Gasteiger partial charge in [0.2, 0.25) is 0 Å². The van der Waals surface area contributed by atoms with Crippen molar-refractivity contribution < 1.29 is 8.53 Å². The normalized spacial score (nSPS) is 15.1. The first-order valence-corrected chi connectivity index (χ1v) is 11.5. The first-order valence-electron chi connectivity index (χ1n) is 13.0. The summed E-state index contributed by atoms with van der Waals surface area (Å²) in [5.74, 6) is 0. The predicted molar refractivity (Wildman–Crippen MR) is 135 cm³/mol. The van der Waals surface area contributed by atoms with E-state index in [1.807, 2.05) is 30.5 Å². The van der Waals surface area contributed by atoms with Gasteiger partial charge in [0.15, 0.2) is 5.58 Å². The zero-order valence-corrected chi connectivity index (χ0v) is 19.2. The van der Waals surface area contributed by atoms with Crippen LogP contribution in [0.3, 0.4) is 0 Å². The molecule has 0 radical (unpaired) electrons. The molecular weight excluding hydrogens is 404 g/mol. The first kappa shape index (κ1) is 17.1. The van der Waals surface area contributed by atoms with Gasteiger partial charge in [-0.3, -0.25) is 9.97 Å². The molecule has 1 aliphatic rings. The molecule has 0 saturated heterocycles. The molecule has 6 rings (SSSR count). The molecule has 3 aromatic heterocycles. The maximum absolute atomic E-state index is 8.12. The van der Waals surface area contributed by atoms with Gasteiger partial charge in [0.1, 0.15) is 11.1 Å². The number of rotatable bonds is 2. The maximum atomic E-state index is 8.12. The third-order valence-electron chi connectivity index (χ3n) is 6.59. The van der Waals surface area contributed by atoms with Gasteiger partial charge >= 0.3 is 0 Å². The van der Waals surface area contributed by atoms with E-state index in [0.29, 0.717) is 12.0 Å². The van der Waals surface area contributed by atoms with Crippen LogP contribution in [-0.4, -0.2) is 9.97 Å². The van der Waals surface area contributed by atoms with Crippen molar-refractivity contribution in [2.24, 2.45) is 5.41 Å². The van der Waals surface area contributed by atoms with E-state index < -0.39 is 6.85 Å². The summed E-state index contributed by atoms with van der Waals surface area (Å²) in [5.41, 5.74) is 9.95. The Balaban J connectivity index is 1.58. The van der Waals surface area contributed by atoms with Crippen molar-refractivity contribution in [2.75, 3.05) is 0 Å². The van der Waals surface area contributed by atoms with Crippen molar-refractivity contribution in [3.05, 3.63) is 83.2 Å². The SMILES string of the molecule is [2H]C([2H])([2H])c1cnc2c(c1CC(C)(C)C)CCc1c-2ccc2c1oc1c(-c3ccccc3)ccnc12. The van der Waals surface area contributed by atoms with Crippen LogP contribution in [0.4, 0.5) is 0 Å². The number of hydrogen-bond acceptors (Lipinski definition) is 3. The minimum atomic E-state index is -2.19. The summed E-state index contributed by atoms with van der Waals surface area (Å²) >= 11 is 0. The van der Waals surface area contributed by atoms with Crippen LogP contribution in [0.2, 0.25) is 0 Å². The topological polar surface area (TPSA) is 38.9 Å². The molecule has 0 N–H and O–H groups in total. The van der Waals surface area contributed by atoms with Crippen LogP contribution in [0.15, 0.2) is 65.3 Å². The second-order valence-corrected chi connectivity index (χ2v) is 10.2. The second kappa shape index (κ2) is 7.28. The van der Waals surface area contributed by atoms with E-state index >= 15 is 0 Å². The fourth-order valence-electron chi connectivity index (χ4n) is 5.17. The quantitative estimate of drug-likeness (QED) is 0.285. The Kier molecular flexibility index (Phi) is 3.77. The number of aromatic nitrogens is 2. The van der Waals surface area contributed by atoms with E-state index in [1.165, 1.54) is 0 Å². The van der Waals surface area contributed by atoms with Gasteiger partial charge in [0.05, 0.1) is 5.69 Å². The van der Waals surface area contributed by atoms with Gasteiger partial charge in [0, 0.05) is 38.6 Å². The van der Waals surface area contributed by atoms with E-state index in [1.54, 1.807) is 6.20 Å². The number of hydrogen-bond donors (Lipinski definition) is 0. The molecule has 1 aliphatic carbocycles. The number of fused-ring (bicyclic) bond motifs is 7. The van der Waals surface area contributed by atoms with Crippen LogP contribution in [-0.2, 0) is 19.3 Å². The standard InChI is InChI=1S/C30H28N2O/c1-18-17-32-26-21-11-13-24-27-29(20(14-15-31-27)19-8-6-5-7-9-19)33-28(24)23(21)12-10-22(26)25(18)16-30(2,3)4/h5-9,11,13-15,17H,10,12,16H2,1-4H3/i1D3. The summed E-state index contributed by atoms with van der Waals surface area (Å²) < 4.78 is 30.9. The lowest BCUT2D eigenvalue weighted by molar-refractivity contribution is 0.408. The molecule has 0 bridgehead atoms. The van der Waals surface area contributed by atoms with E-state index in [2.05, 4.69) is 50.0 Å². The molecule has 3 heteroatoms. The number of benzene rings is 2. The Morgan fingerprint density at radius 2 is 1.73 bits per heavy atom. The Hall–Kier alpha value is -3.46. The summed E-state index contributed by atoms with van der Waals surface area (Å²) in [4.78, 5) is 9.40. The van der Waals surface area contributed by atoms with Gasteiger partial charge in [-0.2, -0.15) is 0 Å². The monoisotopic (exact) mass is 435 g/mol. The highest BCUT2D eigenvalue weighted by molar-refractivity contribution is 6.09. The molecule has 164 valence electrons. The zero-order chi connectivity index (χ0) is 25.2. The lowest BCUT2D eigenvalue weighted by Gasteiger charge is -2.26. The highest BCUT2D eigenvalue weighted by Gasteiger charge is 2.27. The number of pyridine rings is 2. The Bertz CT molecular complexity index is 1630. The lowest BCUT2D eigenvalue weighted by Crippen LogP contribution is -2.16. The molecule has 0 unspecified atom stereocenters. The molecule has 0 amide bonds. The molecule has 0 atom stereocenters. The zero-order valence-electron chi connectivity index (χ0n) is 22.2. The van der Waals surface area contributed by atoms with Crippen LogP contribution >= 0.6 is 0 Å². The van der Waals surface area contributed by atoms with Crippen LogP contribution in [0.1, 0.15) is 47.1 Å². The van der Waals surface area contributed by atoms with Crippen molar-refractivity contribution >= 4 is 22.1 Å². The summed E-state index contributed by atoms with van der Waals surface area (Å²) in [6, 6.07) is 16.4. The molecule has 3 nitrogen and oxygen atoms in total. The molecule has 2 aromatic carbocycles. The fraction of sp³-hybridized carbons (Fsp3) is 0.267. The van der Waals surface area contributed by atoms with Crippen LogP contribution in [0.25, 0.3) is 44.5 Å². The molecule has 3 heterocycles. The largest absolute Gasteiger partial charge is 0.453 e. The average molecular weight is 436 g/mol. The number of aryl methyl sites for hydroxylation is 2. The van der Waals surface area contributed by atoms with E-state index in [0.717, 1.165) is 74.0 Å². The molecule has 33 heavy (non-hydrogen) atoms. The van der Waals surface area contributed by atoms with Crippen molar-refractivity contribution in [3.8, 4) is 22.4 Å². The van der Waals surface area contributed by atoms with Gasteiger partial charge < -0.3 is 4.42 Å². The highest BCUT2D eigenvalue weighted by atomic mass is 16.3. The Morgan fingerprint density at radius 3 is 2.52 bits per heavy atom. The molecule has 0 spiro atoms. The van der Waals surface area contributed by atoms with Gasteiger partial charge in [-0.1, -0.05) is 57.2 Å². The molecule has 5 aromatic rings. The second-order valence-electron chi connectivity index (χ2n) is 10.2. The van der Waals surface area contributed by atoms with Gasteiger partial charge in [0.25, 0.3) is 0 Å². The highest BCUT2D eigenvalue weighted by Crippen LogP contribution is 2.43. The third kappa shape index (κ3) is 3.26. The first-order chi connectivity index (χ1) is 17.1. The fourth-order valence-corrected chi connectivity index (χ4v) is 5.17. The lowest BCUT2D eigenvalue weighted by atomic mass is 9.79.